The molecule has 4 heteroatoms. The second kappa shape index (κ2) is 6.45. The zero-order chi connectivity index (χ0) is 11.1. The summed E-state index contributed by atoms with van der Waals surface area (Å²) in [7, 11) is 1.63. The Morgan fingerprint density at radius 1 is 1.53 bits per heavy atom. The molecule has 0 saturated heterocycles. The molecule has 3 nitrogen and oxygen atoms in total. The molecule has 1 N–H and O–H groups in total. The maximum Gasteiger partial charge on any atom is 0.221 e. The minimum absolute atomic E-state index is 0.0506. The molecule has 0 unspecified atom stereocenters. The first-order valence-corrected chi connectivity index (χ1v) is 5.84. The van der Waals surface area contributed by atoms with Crippen LogP contribution in [-0.2, 0) is 11.3 Å². The fourth-order valence-electron chi connectivity index (χ4n) is 1.16. The zero-order valence-electron chi connectivity index (χ0n) is 8.63. The van der Waals surface area contributed by atoms with Crippen molar-refractivity contribution in [2.24, 2.45) is 0 Å². The maximum atomic E-state index is 11.2. The molecular formula is C11H14BrNO2. The second-order valence-electron chi connectivity index (χ2n) is 3.07. The van der Waals surface area contributed by atoms with E-state index in [0.717, 1.165) is 11.3 Å². The molecule has 0 spiro atoms. The highest BCUT2D eigenvalue weighted by Gasteiger charge is 2.00. The van der Waals surface area contributed by atoms with Crippen LogP contribution in [0.1, 0.15) is 12.0 Å². The molecule has 1 amide bonds. The zero-order valence-corrected chi connectivity index (χ0v) is 10.2. The van der Waals surface area contributed by atoms with E-state index in [1.807, 2.05) is 24.3 Å². The Morgan fingerprint density at radius 2 is 2.33 bits per heavy atom. The quantitative estimate of drug-likeness (QED) is 0.833. The van der Waals surface area contributed by atoms with Gasteiger partial charge in [0.1, 0.15) is 5.75 Å². The van der Waals surface area contributed by atoms with E-state index in [9.17, 15) is 4.79 Å². The van der Waals surface area contributed by atoms with Crippen LogP contribution in [0.25, 0.3) is 0 Å². The van der Waals surface area contributed by atoms with Gasteiger partial charge in [-0.05, 0) is 17.7 Å². The molecule has 0 aliphatic carbocycles. The number of methoxy groups -OCH3 is 1. The van der Waals surface area contributed by atoms with Crippen LogP contribution < -0.4 is 10.1 Å². The Morgan fingerprint density at radius 3 is 3.00 bits per heavy atom. The van der Waals surface area contributed by atoms with Crippen molar-refractivity contribution in [2.75, 3.05) is 12.4 Å². The summed E-state index contributed by atoms with van der Waals surface area (Å²) >= 11 is 3.22. The van der Waals surface area contributed by atoms with Crippen molar-refractivity contribution < 1.29 is 9.53 Å². The van der Waals surface area contributed by atoms with Gasteiger partial charge >= 0.3 is 0 Å². The van der Waals surface area contributed by atoms with Crippen LogP contribution in [0, 0.1) is 0 Å². The van der Waals surface area contributed by atoms with Crippen LogP contribution in [0.3, 0.4) is 0 Å². The lowest BCUT2D eigenvalue weighted by Gasteiger charge is -2.05. The third-order valence-corrected chi connectivity index (χ3v) is 2.34. The number of carbonyl (C=O) groups is 1. The second-order valence-corrected chi connectivity index (χ2v) is 3.86. The Bertz CT molecular complexity index is 328. The third kappa shape index (κ3) is 4.34. The van der Waals surface area contributed by atoms with E-state index in [0.29, 0.717) is 18.3 Å². The van der Waals surface area contributed by atoms with Gasteiger partial charge in [-0.15, -0.1) is 0 Å². The van der Waals surface area contributed by atoms with Gasteiger partial charge in [-0.25, -0.2) is 0 Å². The van der Waals surface area contributed by atoms with Gasteiger partial charge < -0.3 is 10.1 Å². The van der Waals surface area contributed by atoms with Gasteiger partial charge in [0.2, 0.25) is 5.91 Å². The molecular weight excluding hydrogens is 258 g/mol. The molecule has 0 aliphatic rings. The monoisotopic (exact) mass is 271 g/mol. The van der Waals surface area contributed by atoms with E-state index in [-0.39, 0.29) is 5.91 Å². The van der Waals surface area contributed by atoms with E-state index < -0.39 is 0 Å². The van der Waals surface area contributed by atoms with Crippen LogP contribution >= 0.6 is 15.9 Å². The number of hydrogen-bond donors (Lipinski definition) is 1. The van der Waals surface area contributed by atoms with Gasteiger partial charge in [-0.2, -0.15) is 0 Å². The Labute approximate surface area is 97.9 Å². The Balaban J connectivity index is 2.46. The molecule has 0 radical (unpaired) electrons. The molecule has 15 heavy (non-hydrogen) atoms. The molecule has 1 aromatic rings. The number of rotatable bonds is 5. The van der Waals surface area contributed by atoms with Crippen molar-refractivity contribution >= 4 is 21.8 Å². The smallest absolute Gasteiger partial charge is 0.221 e. The van der Waals surface area contributed by atoms with Crippen LogP contribution in [0.5, 0.6) is 5.75 Å². The summed E-state index contributed by atoms with van der Waals surface area (Å²) in [5, 5.41) is 3.52. The van der Waals surface area contributed by atoms with Crippen LogP contribution in [0.4, 0.5) is 0 Å². The molecule has 0 bridgehead atoms. The molecule has 0 aromatic heterocycles. The predicted octanol–water partition coefficient (Wildman–Crippen LogP) is 2.10. The number of ether oxygens (including phenoxy) is 1. The van der Waals surface area contributed by atoms with Crippen molar-refractivity contribution in [3.63, 3.8) is 0 Å². The topological polar surface area (TPSA) is 38.3 Å². The highest BCUT2D eigenvalue weighted by atomic mass is 79.9. The van der Waals surface area contributed by atoms with Crippen molar-refractivity contribution in [1.29, 1.82) is 0 Å². The lowest BCUT2D eigenvalue weighted by atomic mass is 10.2. The average Bonchev–Trinajstić information content (AvgIpc) is 2.27. The van der Waals surface area contributed by atoms with Gasteiger partial charge in [0.05, 0.1) is 7.11 Å². The van der Waals surface area contributed by atoms with E-state index in [4.69, 9.17) is 4.74 Å². The summed E-state index contributed by atoms with van der Waals surface area (Å²) in [6, 6.07) is 7.65. The largest absolute Gasteiger partial charge is 0.497 e. The number of benzene rings is 1. The van der Waals surface area contributed by atoms with Gasteiger partial charge in [-0.3, -0.25) is 4.79 Å². The number of carbonyl (C=O) groups excluding carboxylic acids is 1. The first-order valence-electron chi connectivity index (χ1n) is 4.72. The van der Waals surface area contributed by atoms with E-state index >= 15 is 0 Å². The normalized spacial score (nSPS) is 9.73. The van der Waals surface area contributed by atoms with Crippen LogP contribution in [-0.4, -0.2) is 18.3 Å². The van der Waals surface area contributed by atoms with Crippen molar-refractivity contribution in [2.45, 2.75) is 13.0 Å². The van der Waals surface area contributed by atoms with Gasteiger partial charge in [0.25, 0.3) is 0 Å². The molecule has 0 saturated carbocycles. The summed E-state index contributed by atoms with van der Waals surface area (Å²) in [4.78, 5) is 11.2. The Hall–Kier alpha value is -1.03. The molecule has 0 heterocycles. The SMILES string of the molecule is COc1cccc(CNC(=O)CCBr)c1. The van der Waals surface area contributed by atoms with E-state index in [1.54, 1.807) is 7.11 Å². The first-order chi connectivity index (χ1) is 7.26. The highest BCUT2D eigenvalue weighted by molar-refractivity contribution is 9.09. The van der Waals surface area contributed by atoms with Crippen molar-refractivity contribution in [1.82, 2.24) is 5.32 Å². The molecule has 0 aliphatic heterocycles. The van der Waals surface area contributed by atoms with Crippen LogP contribution in [0.2, 0.25) is 0 Å². The number of hydrogen-bond acceptors (Lipinski definition) is 2. The standard InChI is InChI=1S/C11H14BrNO2/c1-15-10-4-2-3-9(7-10)8-13-11(14)5-6-12/h2-4,7H,5-6,8H2,1H3,(H,13,14). The van der Waals surface area contributed by atoms with Gasteiger partial charge in [0, 0.05) is 18.3 Å². The summed E-state index contributed by atoms with van der Waals surface area (Å²) in [5.74, 6) is 0.858. The van der Waals surface area contributed by atoms with Gasteiger partial charge in [-0.1, -0.05) is 28.1 Å². The summed E-state index contributed by atoms with van der Waals surface area (Å²) in [5.41, 5.74) is 1.04. The third-order valence-electron chi connectivity index (χ3n) is 1.95. The first kappa shape index (κ1) is 12.0. The van der Waals surface area contributed by atoms with Crippen LogP contribution in [0.15, 0.2) is 24.3 Å². The number of alkyl halides is 1. The maximum absolute atomic E-state index is 11.2. The molecule has 82 valence electrons. The predicted molar refractivity (Wildman–Crippen MR) is 63.3 cm³/mol. The highest BCUT2D eigenvalue weighted by Crippen LogP contribution is 2.12. The average molecular weight is 272 g/mol. The minimum Gasteiger partial charge on any atom is -0.497 e. The number of halogens is 1. The summed E-state index contributed by atoms with van der Waals surface area (Å²) in [6.07, 6.45) is 0.504. The molecule has 1 aromatic carbocycles. The van der Waals surface area contributed by atoms with Crippen molar-refractivity contribution in [3.8, 4) is 5.75 Å². The fourth-order valence-corrected chi connectivity index (χ4v) is 1.52. The molecule has 1 rings (SSSR count). The summed E-state index contributed by atoms with van der Waals surface area (Å²) in [6.45, 7) is 0.545. The summed E-state index contributed by atoms with van der Waals surface area (Å²) < 4.78 is 5.09. The lowest BCUT2D eigenvalue weighted by molar-refractivity contribution is -0.120. The number of amides is 1. The van der Waals surface area contributed by atoms with E-state index in [2.05, 4.69) is 21.2 Å². The van der Waals surface area contributed by atoms with Crippen molar-refractivity contribution in [3.05, 3.63) is 29.8 Å². The van der Waals surface area contributed by atoms with E-state index in [1.165, 1.54) is 0 Å². The number of nitrogens with one attached hydrogen (secondary N) is 1. The fraction of sp³-hybridized carbons (Fsp3) is 0.364. The minimum atomic E-state index is 0.0506. The Kier molecular flexibility index (Phi) is 5.18. The van der Waals surface area contributed by atoms with Gasteiger partial charge in [0.15, 0.2) is 0 Å². The molecule has 0 atom stereocenters. The lowest BCUT2D eigenvalue weighted by Crippen LogP contribution is -2.22. The molecule has 0 fully saturated rings.